The van der Waals surface area contributed by atoms with Crippen LogP contribution in [0.3, 0.4) is 0 Å². The summed E-state index contributed by atoms with van der Waals surface area (Å²) in [5.41, 5.74) is 13.3. The van der Waals surface area contributed by atoms with E-state index in [9.17, 15) is 28.8 Å². The van der Waals surface area contributed by atoms with Crippen molar-refractivity contribution in [3.8, 4) is 0 Å². The summed E-state index contributed by atoms with van der Waals surface area (Å²) in [6, 6.07) is 50.6. The Labute approximate surface area is 552 Å². The van der Waals surface area contributed by atoms with Crippen LogP contribution in [0.15, 0.2) is 189 Å². The lowest BCUT2D eigenvalue weighted by Gasteiger charge is -2.27. The number of benzene rings is 5. The van der Waals surface area contributed by atoms with Gasteiger partial charge in [0.25, 0.3) is 16.7 Å². The summed E-state index contributed by atoms with van der Waals surface area (Å²) >= 11 is 3.08. The van der Waals surface area contributed by atoms with E-state index < -0.39 is 28.9 Å². The topological polar surface area (TPSA) is 202 Å². The SMILES string of the molecule is CC(=O)C(C)(CCc1ncc(C)n(CC(=O)O)c1=O)c1ccccc1.CC(C)(CN)c1ccccc1.CCC(C)(C)c1ccccc1.CCc1ccccc1.CCn1c(C)cnc(Br)c1=O.CCn1c(C)cnc(CCC(C)(C(C)=O)c2ccccc2)c1=O.CP. The van der Waals surface area contributed by atoms with Crippen molar-refractivity contribution in [2.45, 2.75) is 184 Å². The van der Waals surface area contributed by atoms with Gasteiger partial charge < -0.3 is 20.0 Å². The van der Waals surface area contributed by atoms with E-state index in [0.717, 1.165) is 28.9 Å². The predicted octanol–water partition coefficient (Wildman–Crippen LogP) is 14.5. The zero-order chi connectivity index (χ0) is 68.5. The molecule has 16 heteroatoms. The van der Waals surface area contributed by atoms with Crippen LogP contribution in [0.4, 0.5) is 0 Å². The van der Waals surface area contributed by atoms with E-state index in [-0.39, 0.29) is 33.8 Å². The predicted molar refractivity (Wildman–Crippen MR) is 382 cm³/mol. The second-order valence-electron chi connectivity index (χ2n) is 23.7. The van der Waals surface area contributed by atoms with Gasteiger partial charge in [0.2, 0.25) is 0 Å². The molecular weight excluding hydrogens is 1220 g/mol. The number of rotatable bonds is 19. The van der Waals surface area contributed by atoms with E-state index >= 15 is 0 Å². The highest BCUT2D eigenvalue weighted by molar-refractivity contribution is 9.10. The molecule has 3 N–H and O–H groups in total. The van der Waals surface area contributed by atoms with Gasteiger partial charge in [-0.1, -0.05) is 200 Å². The number of halogens is 1. The average Bonchev–Trinajstić information content (AvgIpc) is 2.92. The molecule has 0 aliphatic heterocycles. The highest BCUT2D eigenvalue weighted by Crippen LogP contribution is 2.31. The van der Waals surface area contributed by atoms with Gasteiger partial charge in [-0.3, -0.25) is 43.3 Å². The Kier molecular flexibility index (Phi) is 34.6. The first-order chi connectivity index (χ1) is 43.1. The Morgan fingerprint density at radius 3 is 1.12 bits per heavy atom. The van der Waals surface area contributed by atoms with Gasteiger partial charge in [0, 0.05) is 60.7 Å². The Morgan fingerprint density at radius 1 is 0.495 bits per heavy atom. The first kappa shape index (κ1) is 79.5. The maximum atomic E-state index is 12.5. The fourth-order valence-electron chi connectivity index (χ4n) is 9.44. The first-order valence-corrected chi connectivity index (χ1v) is 33.1. The fourth-order valence-corrected chi connectivity index (χ4v) is 9.76. The maximum Gasteiger partial charge on any atom is 0.323 e. The number of aromatic nitrogens is 6. The van der Waals surface area contributed by atoms with Crippen molar-refractivity contribution in [3.63, 3.8) is 0 Å². The lowest BCUT2D eigenvalue weighted by Crippen LogP contribution is -2.34. The molecule has 0 radical (unpaired) electrons. The van der Waals surface area contributed by atoms with Crippen molar-refractivity contribution in [2.75, 3.05) is 13.2 Å². The summed E-state index contributed by atoms with van der Waals surface area (Å²) in [6.07, 6.45) is 9.01. The van der Waals surface area contributed by atoms with Crippen molar-refractivity contribution >= 4 is 42.7 Å². The van der Waals surface area contributed by atoms with Crippen LogP contribution in [-0.4, -0.2) is 64.5 Å². The van der Waals surface area contributed by atoms with Crippen LogP contribution in [0.2, 0.25) is 0 Å². The molecule has 0 saturated carbocycles. The summed E-state index contributed by atoms with van der Waals surface area (Å²) in [6.45, 7) is 33.0. The second kappa shape index (κ2) is 39.6. The van der Waals surface area contributed by atoms with E-state index in [1.807, 2.05) is 133 Å². The van der Waals surface area contributed by atoms with Crippen LogP contribution >= 0.6 is 25.2 Å². The number of hydrogen-bond donors (Lipinski definition) is 2. The molecule has 0 bridgehead atoms. The van der Waals surface area contributed by atoms with Crippen LogP contribution in [0, 0.1) is 20.8 Å². The van der Waals surface area contributed by atoms with Crippen LogP contribution in [0.5, 0.6) is 0 Å². The minimum absolute atomic E-state index is 0.0108. The minimum atomic E-state index is -1.08. The largest absolute Gasteiger partial charge is 0.480 e. The number of nitrogens with zero attached hydrogens (tertiary/aromatic N) is 6. The van der Waals surface area contributed by atoms with E-state index in [1.165, 1.54) is 40.8 Å². The molecular formula is C75H101BrN7O7P. The molecule has 3 unspecified atom stereocenters. The summed E-state index contributed by atoms with van der Waals surface area (Å²) in [7, 11) is 2.42. The number of carbonyl (C=O) groups is 3. The molecule has 14 nitrogen and oxygen atoms in total. The van der Waals surface area contributed by atoms with Crippen molar-refractivity contribution in [2.24, 2.45) is 5.73 Å². The van der Waals surface area contributed by atoms with Crippen molar-refractivity contribution in [1.29, 1.82) is 0 Å². The quantitative estimate of drug-likeness (QED) is 0.0729. The molecule has 490 valence electrons. The maximum absolute atomic E-state index is 12.5. The third kappa shape index (κ3) is 24.5. The second-order valence-corrected chi connectivity index (χ2v) is 24.4. The first-order valence-electron chi connectivity index (χ1n) is 31.2. The van der Waals surface area contributed by atoms with Crippen molar-refractivity contribution < 1.29 is 19.5 Å². The molecule has 0 saturated heterocycles. The molecule has 3 atom stereocenters. The van der Waals surface area contributed by atoms with Gasteiger partial charge in [0.1, 0.15) is 29.5 Å². The fraction of sp³-hybridized carbons (Fsp3) is 0.400. The Balaban J connectivity index is 0.000000389. The molecule has 0 amide bonds. The van der Waals surface area contributed by atoms with E-state index in [2.05, 4.69) is 148 Å². The van der Waals surface area contributed by atoms with E-state index in [0.29, 0.717) is 66.7 Å². The van der Waals surface area contributed by atoms with Crippen LogP contribution in [0.25, 0.3) is 0 Å². The summed E-state index contributed by atoms with van der Waals surface area (Å²) in [4.78, 5) is 84.0. The molecule has 5 aromatic carbocycles. The zero-order valence-corrected chi connectivity index (χ0v) is 59.6. The van der Waals surface area contributed by atoms with Crippen molar-refractivity contribution in [3.05, 3.63) is 262 Å². The molecule has 3 heterocycles. The number of carboxylic acid groups (broad SMARTS) is 1. The Morgan fingerprint density at radius 2 is 0.813 bits per heavy atom. The summed E-state index contributed by atoms with van der Waals surface area (Å²) < 4.78 is 4.95. The smallest absolute Gasteiger partial charge is 0.323 e. The lowest BCUT2D eigenvalue weighted by atomic mass is 9.75. The van der Waals surface area contributed by atoms with E-state index in [1.54, 1.807) is 35.4 Å². The highest BCUT2D eigenvalue weighted by Gasteiger charge is 2.33. The molecule has 0 aliphatic carbocycles. The van der Waals surface area contributed by atoms with Gasteiger partial charge in [-0.15, -0.1) is 9.24 Å². The minimum Gasteiger partial charge on any atom is -0.480 e. The third-order valence-corrected chi connectivity index (χ3v) is 17.2. The number of aliphatic carboxylic acids is 1. The highest BCUT2D eigenvalue weighted by atomic mass is 79.9. The van der Waals surface area contributed by atoms with Crippen LogP contribution < -0.4 is 22.4 Å². The van der Waals surface area contributed by atoms with Gasteiger partial charge in [0.15, 0.2) is 4.60 Å². The molecule has 8 aromatic rings. The third-order valence-electron chi connectivity index (χ3n) is 16.6. The van der Waals surface area contributed by atoms with Gasteiger partial charge in [-0.25, -0.2) is 4.98 Å². The molecule has 0 spiro atoms. The monoisotopic (exact) mass is 1320 g/mol. The van der Waals surface area contributed by atoms with Gasteiger partial charge in [-0.05, 0) is 150 Å². The Hall–Kier alpha value is -7.58. The van der Waals surface area contributed by atoms with Gasteiger partial charge >= 0.3 is 5.97 Å². The molecule has 91 heavy (non-hydrogen) atoms. The number of nitrogens with two attached hydrogens (primary N) is 1. The van der Waals surface area contributed by atoms with Crippen molar-refractivity contribution in [1.82, 2.24) is 28.7 Å². The number of Topliss-reactive ketones (excluding diaryl/α,β-unsaturated/α-hetero) is 2. The zero-order valence-electron chi connectivity index (χ0n) is 56.8. The molecule has 8 rings (SSSR count). The van der Waals surface area contributed by atoms with E-state index in [4.69, 9.17) is 10.8 Å². The average molecular weight is 1320 g/mol. The number of carbonyl (C=O) groups excluding carboxylic acids is 2. The molecule has 3 aromatic heterocycles. The van der Waals surface area contributed by atoms with Crippen LogP contribution in [-0.2, 0) is 74.9 Å². The lowest BCUT2D eigenvalue weighted by molar-refractivity contribution is -0.137. The number of aryl methyl sites for hydroxylation is 6. The Bertz CT molecular complexity index is 3600. The number of hydrogen-bond acceptors (Lipinski definition) is 10. The molecule has 0 fully saturated rings. The summed E-state index contributed by atoms with van der Waals surface area (Å²) in [5, 5.41) is 8.96. The number of carboxylic acids is 1. The normalized spacial score (nSPS) is 11.9. The standard InChI is InChI=1S/C19H22N2O4.C19H24N2O2.C11H16.C10H15N.C8H10.C7H9BrN2O.CH5P/c1-13-11-20-16(18(25)21(13)12-17(23)24)9-10-19(3,14(2)22)15-7-5-4-6-8-15;1-5-21-14(2)13-20-17(18(21)23)11-12-19(4,15(3)22)16-9-7-6-8-10-16;1-4-11(2,3)10-8-6-5-7-9-10;1-10(2,8-11)9-6-4-3-5-7-9;1-2-8-6-4-3-5-7-8;1-3-10-5(2)4-9-6(8)7(10)11;1-2/h4-8,11H,9-10,12H2,1-3H3,(H,23,24);6-10,13H,5,11-12H2,1-4H3;5-9H,4H2,1-3H3;3-7H,8,11H2,1-2H3;3-7H,2H2,1H3;4H,3H2,1-2H3;2H2,1H3. The van der Waals surface area contributed by atoms with Crippen LogP contribution in [0.1, 0.15) is 159 Å². The van der Waals surface area contributed by atoms with Gasteiger partial charge in [0.05, 0.1) is 10.8 Å². The molecule has 0 aliphatic rings. The van der Waals surface area contributed by atoms with Gasteiger partial charge in [-0.2, -0.15) is 0 Å². The number of ketones is 2. The summed E-state index contributed by atoms with van der Waals surface area (Å²) in [5.74, 6) is -0.969.